The van der Waals surface area contributed by atoms with Crippen molar-refractivity contribution in [1.29, 1.82) is 0 Å². The number of amides is 1. The largest absolute Gasteiger partial charge is 0.393 e. The number of alkyl halides is 3. The normalized spacial score (nSPS) is 22.3. The highest BCUT2D eigenvalue weighted by Crippen LogP contribution is 2.38. The predicted molar refractivity (Wildman–Crippen MR) is 78.8 cm³/mol. The molecule has 1 amide bonds. The number of benzene rings is 1. The van der Waals surface area contributed by atoms with Gasteiger partial charge in [-0.25, -0.2) is 0 Å². The van der Waals surface area contributed by atoms with Crippen LogP contribution in [0.1, 0.15) is 30.1 Å². The summed E-state index contributed by atoms with van der Waals surface area (Å²) in [7, 11) is 0. The molecule has 1 aromatic carbocycles. The minimum absolute atomic E-state index is 0.0593. The van der Waals surface area contributed by atoms with Gasteiger partial charge in [0.05, 0.1) is 23.2 Å². The monoisotopic (exact) mass is 323 g/mol. The molecular formula is C16H16F3N3O. The summed E-state index contributed by atoms with van der Waals surface area (Å²) in [6.07, 6.45) is -2.56. The fraction of sp³-hybridized carbons (Fsp3) is 0.438. The first-order chi connectivity index (χ1) is 10.9. The van der Waals surface area contributed by atoms with E-state index in [0.29, 0.717) is 29.4 Å². The number of nitrogens with zero attached hydrogens (tertiary/aromatic N) is 3. The van der Waals surface area contributed by atoms with Crippen molar-refractivity contribution in [2.24, 2.45) is 5.92 Å². The molecule has 2 aromatic rings. The van der Waals surface area contributed by atoms with Gasteiger partial charge in [0.25, 0.3) is 5.91 Å². The molecular weight excluding hydrogens is 307 g/mol. The molecule has 1 fully saturated rings. The Morgan fingerprint density at radius 1 is 1.30 bits per heavy atom. The highest BCUT2D eigenvalue weighted by atomic mass is 19.4. The summed E-state index contributed by atoms with van der Waals surface area (Å²) in [4.78, 5) is 14.1. The Morgan fingerprint density at radius 2 is 2.04 bits per heavy atom. The van der Waals surface area contributed by atoms with Crippen molar-refractivity contribution < 1.29 is 18.0 Å². The summed E-state index contributed by atoms with van der Waals surface area (Å²) in [5.41, 5.74) is 0.848. The van der Waals surface area contributed by atoms with Crippen LogP contribution in [0.15, 0.2) is 30.5 Å². The van der Waals surface area contributed by atoms with Gasteiger partial charge >= 0.3 is 6.18 Å². The average molecular weight is 323 g/mol. The van der Waals surface area contributed by atoms with Crippen LogP contribution in [0.25, 0.3) is 10.9 Å². The van der Waals surface area contributed by atoms with Crippen molar-refractivity contribution in [1.82, 2.24) is 15.1 Å². The Morgan fingerprint density at radius 3 is 2.78 bits per heavy atom. The SMILES string of the molecule is CC1C(C(F)(F)F)CCCN1C(=O)c1cnnc2ccccc12. The Labute approximate surface area is 131 Å². The van der Waals surface area contributed by atoms with Crippen LogP contribution in [0.4, 0.5) is 13.2 Å². The van der Waals surface area contributed by atoms with Crippen LogP contribution < -0.4 is 0 Å². The van der Waals surface area contributed by atoms with Crippen LogP contribution in [0.3, 0.4) is 0 Å². The first-order valence-corrected chi connectivity index (χ1v) is 7.47. The molecule has 1 aliphatic rings. The van der Waals surface area contributed by atoms with Crippen molar-refractivity contribution in [3.8, 4) is 0 Å². The van der Waals surface area contributed by atoms with Gasteiger partial charge in [-0.2, -0.15) is 23.4 Å². The predicted octanol–water partition coefficient (Wildman–Crippen LogP) is 3.43. The Kier molecular flexibility index (Phi) is 3.95. The maximum Gasteiger partial charge on any atom is 0.393 e. The quantitative estimate of drug-likeness (QED) is 0.808. The van der Waals surface area contributed by atoms with Gasteiger partial charge in [-0.1, -0.05) is 18.2 Å². The highest BCUT2D eigenvalue weighted by molar-refractivity contribution is 6.05. The van der Waals surface area contributed by atoms with E-state index in [4.69, 9.17) is 0 Å². The third-order valence-electron chi connectivity index (χ3n) is 4.45. The molecule has 2 heterocycles. The van der Waals surface area contributed by atoms with Gasteiger partial charge < -0.3 is 4.90 Å². The third-order valence-corrected chi connectivity index (χ3v) is 4.45. The zero-order chi connectivity index (χ0) is 16.6. The number of piperidine rings is 1. The molecule has 2 atom stereocenters. The first kappa shape index (κ1) is 15.7. The molecule has 0 spiro atoms. The number of aromatic nitrogens is 2. The second-order valence-corrected chi connectivity index (χ2v) is 5.80. The topological polar surface area (TPSA) is 46.1 Å². The molecule has 4 nitrogen and oxygen atoms in total. The summed E-state index contributed by atoms with van der Waals surface area (Å²) in [6, 6.07) is 6.10. The van der Waals surface area contributed by atoms with Crippen molar-refractivity contribution in [2.75, 3.05) is 6.54 Å². The Bertz CT molecular complexity index is 727. The average Bonchev–Trinajstić information content (AvgIpc) is 2.53. The molecule has 0 bridgehead atoms. The van der Waals surface area contributed by atoms with Crippen molar-refractivity contribution in [2.45, 2.75) is 32.0 Å². The van der Waals surface area contributed by atoms with E-state index in [-0.39, 0.29) is 6.42 Å². The zero-order valence-electron chi connectivity index (χ0n) is 12.5. The molecule has 1 saturated heterocycles. The lowest BCUT2D eigenvalue weighted by molar-refractivity contribution is -0.195. The van der Waals surface area contributed by atoms with Gasteiger partial charge in [-0.15, -0.1) is 0 Å². The van der Waals surface area contributed by atoms with Crippen LogP contribution in [0, 0.1) is 5.92 Å². The number of likely N-dealkylation sites (tertiary alicyclic amines) is 1. The van der Waals surface area contributed by atoms with E-state index in [1.54, 1.807) is 24.3 Å². The Hall–Kier alpha value is -2.18. The van der Waals surface area contributed by atoms with Crippen molar-refractivity contribution in [3.63, 3.8) is 0 Å². The number of carbonyl (C=O) groups is 1. The number of rotatable bonds is 1. The van der Waals surface area contributed by atoms with E-state index in [1.165, 1.54) is 18.0 Å². The van der Waals surface area contributed by atoms with E-state index in [9.17, 15) is 18.0 Å². The molecule has 122 valence electrons. The standard InChI is InChI=1S/C16H16F3N3O/c1-10-13(16(17,18)19)6-4-8-22(10)15(23)12-9-20-21-14-7-3-2-5-11(12)14/h2-3,5,7,9-10,13H,4,6,8H2,1H3. The molecule has 7 heteroatoms. The molecule has 0 saturated carbocycles. The van der Waals surface area contributed by atoms with Gasteiger partial charge in [0.15, 0.2) is 0 Å². The van der Waals surface area contributed by atoms with Crippen molar-refractivity contribution in [3.05, 3.63) is 36.0 Å². The van der Waals surface area contributed by atoms with Gasteiger partial charge in [-0.3, -0.25) is 4.79 Å². The van der Waals surface area contributed by atoms with E-state index in [2.05, 4.69) is 10.2 Å². The minimum atomic E-state index is -4.29. The Balaban J connectivity index is 1.96. The first-order valence-electron chi connectivity index (χ1n) is 7.47. The molecule has 1 aromatic heterocycles. The van der Waals surface area contributed by atoms with Gasteiger partial charge in [0.2, 0.25) is 0 Å². The molecule has 23 heavy (non-hydrogen) atoms. The highest BCUT2D eigenvalue weighted by Gasteiger charge is 2.47. The summed E-state index contributed by atoms with van der Waals surface area (Å²) in [5.74, 6) is -1.90. The zero-order valence-corrected chi connectivity index (χ0v) is 12.5. The number of halogens is 3. The summed E-state index contributed by atoms with van der Waals surface area (Å²) in [5, 5.41) is 8.35. The molecule has 2 unspecified atom stereocenters. The summed E-state index contributed by atoms with van der Waals surface area (Å²) in [6.45, 7) is 1.79. The molecule has 0 aliphatic carbocycles. The van der Waals surface area contributed by atoms with Crippen molar-refractivity contribution >= 4 is 16.8 Å². The van der Waals surface area contributed by atoms with Crippen LogP contribution >= 0.6 is 0 Å². The molecule has 0 radical (unpaired) electrons. The van der Waals surface area contributed by atoms with Crippen LogP contribution in [0.2, 0.25) is 0 Å². The second kappa shape index (κ2) is 5.79. The van der Waals surface area contributed by atoms with Crippen LogP contribution in [0.5, 0.6) is 0 Å². The maximum atomic E-state index is 13.1. The smallest absolute Gasteiger partial charge is 0.335 e. The van der Waals surface area contributed by atoms with E-state index in [0.717, 1.165) is 0 Å². The van der Waals surface area contributed by atoms with Crippen LogP contribution in [-0.2, 0) is 0 Å². The lowest BCUT2D eigenvalue weighted by Gasteiger charge is -2.40. The fourth-order valence-electron chi connectivity index (χ4n) is 3.20. The lowest BCUT2D eigenvalue weighted by atomic mass is 9.89. The molecule has 0 N–H and O–H groups in total. The second-order valence-electron chi connectivity index (χ2n) is 5.80. The van der Waals surface area contributed by atoms with E-state index >= 15 is 0 Å². The summed E-state index contributed by atoms with van der Waals surface area (Å²) >= 11 is 0. The van der Waals surface area contributed by atoms with E-state index in [1.807, 2.05) is 0 Å². The summed E-state index contributed by atoms with van der Waals surface area (Å²) < 4.78 is 39.4. The minimum Gasteiger partial charge on any atom is -0.335 e. The number of hydrogen-bond donors (Lipinski definition) is 0. The number of fused-ring (bicyclic) bond motifs is 1. The van der Waals surface area contributed by atoms with E-state index < -0.39 is 24.0 Å². The maximum absolute atomic E-state index is 13.1. The lowest BCUT2D eigenvalue weighted by Crippen LogP contribution is -2.51. The van der Waals surface area contributed by atoms with Gasteiger partial charge in [-0.05, 0) is 25.8 Å². The fourth-order valence-corrected chi connectivity index (χ4v) is 3.20. The van der Waals surface area contributed by atoms with Crippen LogP contribution in [-0.4, -0.2) is 39.8 Å². The molecule has 3 rings (SSSR count). The number of hydrogen-bond acceptors (Lipinski definition) is 3. The third kappa shape index (κ3) is 2.87. The van der Waals surface area contributed by atoms with Gasteiger partial charge in [0, 0.05) is 18.0 Å². The van der Waals surface area contributed by atoms with Gasteiger partial charge in [0.1, 0.15) is 0 Å². The number of carbonyl (C=O) groups excluding carboxylic acids is 1. The molecule has 1 aliphatic heterocycles.